The second-order valence-corrected chi connectivity index (χ2v) is 4.92. The van der Waals surface area contributed by atoms with E-state index in [2.05, 4.69) is 10.1 Å². The minimum Gasteiger partial charge on any atom is -0.469 e. The highest BCUT2D eigenvalue weighted by Crippen LogP contribution is 2.04. The molecule has 1 aromatic rings. The molecule has 0 saturated heterocycles. The van der Waals surface area contributed by atoms with Gasteiger partial charge in [-0.3, -0.25) is 9.59 Å². The fourth-order valence-corrected chi connectivity index (χ4v) is 1.79. The van der Waals surface area contributed by atoms with Crippen LogP contribution in [0.4, 0.5) is 0 Å². The van der Waals surface area contributed by atoms with Gasteiger partial charge in [-0.05, 0) is 31.4 Å². The quantitative estimate of drug-likeness (QED) is 0.455. The fraction of sp³-hybridized carbons (Fsp3) is 0.412. The number of unbranched alkanes of at least 4 members (excludes halogenated alkanes) is 2. The Morgan fingerprint density at radius 1 is 1.14 bits per heavy atom. The van der Waals surface area contributed by atoms with Crippen LogP contribution in [0.1, 0.15) is 36.8 Å². The molecule has 4 heteroatoms. The van der Waals surface area contributed by atoms with Gasteiger partial charge in [0.15, 0.2) is 0 Å². The van der Waals surface area contributed by atoms with Crippen molar-refractivity contribution < 1.29 is 14.3 Å². The van der Waals surface area contributed by atoms with Crippen LogP contribution in [0.25, 0.3) is 6.08 Å². The molecule has 0 saturated carbocycles. The zero-order chi connectivity index (χ0) is 15.5. The Bertz CT molecular complexity index is 477. The number of ether oxygens (including phenoxy) is 1. The van der Waals surface area contributed by atoms with Crippen molar-refractivity contribution in [2.24, 2.45) is 0 Å². The number of amides is 1. The van der Waals surface area contributed by atoms with Crippen molar-refractivity contribution >= 4 is 18.0 Å². The maximum atomic E-state index is 11.6. The third kappa shape index (κ3) is 7.92. The van der Waals surface area contributed by atoms with E-state index in [1.807, 2.05) is 31.2 Å². The molecule has 0 atom stereocenters. The molecule has 0 aliphatic heterocycles. The maximum Gasteiger partial charge on any atom is 0.305 e. The van der Waals surface area contributed by atoms with Crippen molar-refractivity contribution in [2.75, 3.05) is 13.7 Å². The first kappa shape index (κ1) is 17.0. The lowest BCUT2D eigenvalue weighted by molar-refractivity contribution is -0.140. The van der Waals surface area contributed by atoms with Crippen LogP contribution >= 0.6 is 0 Å². The van der Waals surface area contributed by atoms with E-state index in [0.717, 1.165) is 24.8 Å². The van der Waals surface area contributed by atoms with Crippen molar-refractivity contribution in [3.63, 3.8) is 0 Å². The van der Waals surface area contributed by atoms with Crippen LogP contribution in [0.3, 0.4) is 0 Å². The van der Waals surface area contributed by atoms with Gasteiger partial charge in [0.1, 0.15) is 0 Å². The van der Waals surface area contributed by atoms with Gasteiger partial charge in [-0.15, -0.1) is 0 Å². The molecule has 21 heavy (non-hydrogen) atoms. The Morgan fingerprint density at radius 2 is 1.86 bits per heavy atom. The normalized spacial score (nSPS) is 10.6. The molecule has 0 aliphatic carbocycles. The van der Waals surface area contributed by atoms with Gasteiger partial charge in [0.2, 0.25) is 5.91 Å². The number of carbonyl (C=O) groups is 2. The van der Waals surface area contributed by atoms with E-state index in [1.54, 1.807) is 12.2 Å². The highest BCUT2D eigenvalue weighted by molar-refractivity contribution is 5.91. The molecule has 0 radical (unpaired) electrons. The minimum absolute atomic E-state index is 0.0939. The summed E-state index contributed by atoms with van der Waals surface area (Å²) in [6.45, 7) is 2.65. The predicted molar refractivity (Wildman–Crippen MR) is 83.7 cm³/mol. The van der Waals surface area contributed by atoms with Gasteiger partial charge in [-0.1, -0.05) is 36.2 Å². The number of hydrogen-bond acceptors (Lipinski definition) is 3. The Kier molecular flexibility index (Phi) is 7.87. The van der Waals surface area contributed by atoms with E-state index in [9.17, 15) is 9.59 Å². The van der Waals surface area contributed by atoms with E-state index < -0.39 is 0 Å². The van der Waals surface area contributed by atoms with Crippen molar-refractivity contribution in [1.82, 2.24) is 5.32 Å². The molecule has 1 amide bonds. The van der Waals surface area contributed by atoms with Crippen LogP contribution in [-0.2, 0) is 14.3 Å². The summed E-state index contributed by atoms with van der Waals surface area (Å²) in [6, 6.07) is 7.98. The summed E-state index contributed by atoms with van der Waals surface area (Å²) in [6.07, 6.45) is 6.34. The Balaban J connectivity index is 2.14. The molecular weight excluding hydrogens is 266 g/mol. The number of nitrogens with one attached hydrogen (secondary N) is 1. The van der Waals surface area contributed by atoms with Crippen molar-refractivity contribution in [2.45, 2.75) is 32.6 Å². The lowest BCUT2D eigenvalue weighted by Crippen LogP contribution is -2.22. The third-order valence-electron chi connectivity index (χ3n) is 3.09. The molecule has 1 N–H and O–H groups in total. The predicted octanol–water partition coefficient (Wildman–Crippen LogP) is 2.86. The molecule has 0 unspecified atom stereocenters. The van der Waals surface area contributed by atoms with Gasteiger partial charge < -0.3 is 10.1 Å². The monoisotopic (exact) mass is 289 g/mol. The van der Waals surface area contributed by atoms with E-state index in [4.69, 9.17) is 0 Å². The van der Waals surface area contributed by atoms with Gasteiger partial charge >= 0.3 is 5.97 Å². The van der Waals surface area contributed by atoms with Gasteiger partial charge in [-0.2, -0.15) is 0 Å². The number of methoxy groups -OCH3 is 1. The summed E-state index contributed by atoms with van der Waals surface area (Å²) in [5.41, 5.74) is 2.21. The number of rotatable bonds is 8. The highest BCUT2D eigenvalue weighted by Gasteiger charge is 1.99. The first-order valence-electron chi connectivity index (χ1n) is 7.21. The summed E-state index contributed by atoms with van der Waals surface area (Å²) in [4.78, 5) is 22.5. The summed E-state index contributed by atoms with van der Waals surface area (Å²) in [5.74, 6) is -0.274. The van der Waals surface area contributed by atoms with Gasteiger partial charge in [0.25, 0.3) is 0 Å². The van der Waals surface area contributed by atoms with Crippen LogP contribution in [0.5, 0.6) is 0 Å². The van der Waals surface area contributed by atoms with Crippen LogP contribution in [-0.4, -0.2) is 25.5 Å². The Morgan fingerprint density at radius 3 is 2.52 bits per heavy atom. The average Bonchev–Trinajstić information content (AvgIpc) is 2.49. The van der Waals surface area contributed by atoms with Gasteiger partial charge in [0.05, 0.1) is 7.11 Å². The summed E-state index contributed by atoms with van der Waals surface area (Å²) in [5, 5.41) is 2.82. The smallest absolute Gasteiger partial charge is 0.305 e. The summed E-state index contributed by atoms with van der Waals surface area (Å²) < 4.78 is 4.56. The number of esters is 1. The van der Waals surface area contributed by atoms with E-state index in [1.165, 1.54) is 12.7 Å². The van der Waals surface area contributed by atoms with E-state index in [-0.39, 0.29) is 11.9 Å². The van der Waals surface area contributed by atoms with Crippen LogP contribution in [0.15, 0.2) is 30.3 Å². The fourth-order valence-electron chi connectivity index (χ4n) is 1.79. The van der Waals surface area contributed by atoms with E-state index >= 15 is 0 Å². The second-order valence-electron chi connectivity index (χ2n) is 4.92. The maximum absolute atomic E-state index is 11.6. The molecule has 0 aliphatic rings. The second kappa shape index (κ2) is 9.75. The number of aryl methyl sites for hydroxylation is 1. The molecule has 1 aromatic carbocycles. The first-order chi connectivity index (χ1) is 10.1. The molecule has 0 aromatic heterocycles. The Hall–Kier alpha value is -2.10. The SMILES string of the molecule is COC(=O)CCCCCNC(=O)C=Cc1ccc(C)cc1. The molecule has 0 fully saturated rings. The van der Waals surface area contributed by atoms with E-state index in [0.29, 0.717) is 13.0 Å². The molecule has 1 rings (SSSR count). The molecule has 0 spiro atoms. The number of hydrogen-bond donors (Lipinski definition) is 1. The molecule has 0 bridgehead atoms. The Labute approximate surface area is 126 Å². The summed E-state index contributed by atoms with van der Waals surface area (Å²) >= 11 is 0. The van der Waals surface area contributed by atoms with Gasteiger partial charge in [0, 0.05) is 19.0 Å². The van der Waals surface area contributed by atoms with Crippen molar-refractivity contribution in [3.05, 3.63) is 41.5 Å². The lowest BCUT2D eigenvalue weighted by Gasteiger charge is -2.02. The van der Waals surface area contributed by atoms with Crippen LogP contribution < -0.4 is 5.32 Å². The zero-order valence-electron chi connectivity index (χ0n) is 12.7. The first-order valence-corrected chi connectivity index (χ1v) is 7.21. The third-order valence-corrected chi connectivity index (χ3v) is 3.09. The number of carbonyl (C=O) groups excluding carboxylic acids is 2. The summed E-state index contributed by atoms with van der Waals surface area (Å²) in [7, 11) is 1.39. The topological polar surface area (TPSA) is 55.4 Å². The largest absolute Gasteiger partial charge is 0.469 e. The molecule has 4 nitrogen and oxygen atoms in total. The standard InChI is InChI=1S/C17H23NO3/c1-14-7-9-15(10-8-14)11-12-16(19)18-13-5-3-4-6-17(20)21-2/h7-12H,3-6,13H2,1-2H3,(H,18,19). The molecule has 114 valence electrons. The lowest BCUT2D eigenvalue weighted by atomic mass is 10.1. The average molecular weight is 289 g/mol. The van der Waals surface area contributed by atoms with Crippen molar-refractivity contribution in [1.29, 1.82) is 0 Å². The van der Waals surface area contributed by atoms with Gasteiger partial charge in [-0.25, -0.2) is 0 Å². The van der Waals surface area contributed by atoms with Crippen LogP contribution in [0, 0.1) is 6.92 Å². The molecular formula is C17H23NO3. The van der Waals surface area contributed by atoms with Crippen molar-refractivity contribution in [3.8, 4) is 0 Å². The number of benzene rings is 1. The zero-order valence-corrected chi connectivity index (χ0v) is 12.7. The van der Waals surface area contributed by atoms with Crippen LogP contribution in [0.2, 0.25) is 0 Å². The minimum atomic E-state index is -0.180. The highest BCUT2D eigenvalue weighted by atomic mass is 16.5. The molecule has 0 heterocycles.